The minimum Gasteiger partial charge on any atom is -0.469 e. The van der Waals surface area contributed by atoms with Crippen molar-refractivity contribution >= 4 is 15.9 Å². The van der Waals surface area contributed by atoms with Crippen LogP contribution in [-0.4, -0.2) is 57.7 Å². The molecule has 0 saturated carbocycles. The van der Waals surface area contributed by atoms with Crippen molar-refractivity contribution in [3.63, 3.8) is 0 Å². The number of hydrogen-bond donors (Lipinski definition) is 2. The predicted octanol–water partition coefficient (Wildman–Crippen LogP) is 1.76. The van der Waals surface area contributed by atoms with Crippen LogP contribution in [-0.2, 0) is 21.2 Å². The Bertz CT molecular complexity index is 661. The topological polar surface area (TPSA) is 91.6 Å². The zero-order chi connectivity index (χ0) is 19.7. The number of likely N-dealkylation sites (N-methyl/N-ethyl adjacent to an activating group) is 1. The minimum absolute atomic E-state index is 0.0517. The number of likely N-dealkylation sites (tertiary alicyclic amines) is 1. The number of nitrogens with one attached hydrogen (secondary N) is 2. The van der Waals surface area contributed by atoms with Crippen LogP contribution in [0.2, 0.25) is 0 Å². The third kappa shape index (κ3) is 8.02. The smallest absolute Gasteiger partial charge is 0.224 e. The molecule has 1 amide bonds. The Kier molecular flexibility index (Phi) is 8.79. The van der Waals surface area contributed by atoms with Crippen molar-refractivity contribution in [2.24, 2.45) is 5.92 Å². The zero-order valence-corrected chi connectivity index (χ0v) is 17.3. The molecular weight excluding hydrogens is 366 g/mol. The van der Waals surface area contributed by atoms with Gasteiger partial charge in [0.15, 0.2) is 0 Å². The molecule has 1 fully saturated rings. The summed E-state index contributed by atoms with van der Waals surface area (Å²) in [5.74, 6) is 1.04. The summed E-state index contributed by atoms with van der Waals surface area (Å²) in [5, 5.41) is 3.01. The molecule has 1 saturated heterocycles. The second-order valence-electron chi connectivity index (χ2n) is 7.46. The summed E-state index contributed by atoms with van der Waals surface area (Å²) in [6.07, 6.45) is 6.19. The first-order valence-corrected chi connectivity index (χ1v) is 11.5. The molecule has 0 aliphatic carbocycles. The van der Waals surface area contributed by atoms with Gasteiger partial charge in [-0.2, -0.15) is 0 Å². The molecule has 7 nitrogen and oxygen atoms in total. The molecule has 1 aromatic rings. The first-order valence-electron chi connectivity index (χ1n) is 9.88. The van der Waals surface area contributed by atoms with E-state index in [1.54, 1.807) is 6.26 Å². The number of aryl methyl sites for hydroxylation is 1. The summed E-state index contributed by atoms with van der Waals surface area (Å²) in [5.41, 5.74) is 0. The number of carbonyl (C=O) groups excluding carboxylic acids is 1. The average Bonchev–Trinajstić information content (AvgIpc) is 3.06. The van der Waals surface area contributed by atoms with Gasteiger partial charge in [0, 0.05) is 32.1 Å². The van der Waals surface area contributed by atoms with Gasteiger partial charge in [-0.25, -0.2) is 13.1 Å². The lowest BCUT2D eigenvalue weighted by Gasteiger charge is -2.21. The zero-order valence-electron chi connectivity index (χ0n) is 16.4. The van der Waals surface area contributed by atoms with Crippen LogP contribution in [0.15, 0.2) is 22.8 Å². The third-order valence-electron chi connectivity index (χ3n) is 4.89. The van der Waals surface area contributed by atoms with Gasteiger partial charge in [-0.15, -0.1) is 0 Å². The molecule has 2 N–H and O–H groups in total. The van der Waals surface area contributed by atoms with E-state index in [4.69, 9.17) is 4.42 Å². The largest absolute Gasteiger partial charge is 0.469 e. The van der Waals surface area contributed by atoms with E-state index in [0.717, 1.165) is 25.0 Å². The average molecular weight is 400 g/mol. The van der Waals surface area contributed by atoms with Crippen LogP contribution < -0.4 is 10.0 Å². The van der Waals surface area contributed by atoms with Crippen molar-refractivity contribution in [1.82, 2.24) is 14.9 Å². The molecule has 154 valence electrons. The van der Waals surface area contributed by atoms with Crippen molar-refractivity contribution < 1.29 is 17.6 Å². The normalized spacial score (nSPS) is 21.7. The molecular formula is C19H33N3O4S. The number of carbonyl (C=O) groups is 1. The predicted molar refractivity (Wildman–Crippen MR) is 106 cm³/mol. The van der Waals surface area contributed by atoms with Crippen molar-refractivity contribution in [2.45, 2.75) is 51.5 Å². The molecule has 1 aliphatic heterocycles. The Morgan fingerprint density at radius 2 is 2.11 bits per heavy atom. The van der Waals surface area contributed by atoms with E-state index < -0.39 is 10.0 Å². The molecule has 0 unspecified atom stereocenters. The van der Waals surface area contributed by atoms with Crippen LogP contribution >= 0.6 is 0 Å². The van der Waals surface area contributed by atoms with Crippen molar-refractivity contribution in [3.05, 3.63) is 24.2 Å². The molecule has 1 aliphatic rings. The van der Waals surface area contributed by atoms with Gasteiger partial charge >= 0.3 is 0 Å². The van der Waals surface area contributed by atoms with Crippen LogP contribution in [0, 0.1) is 5.92 Å². The minimum atomic E-state index is -3.25. The number of unbranched alkanes of at least 4 members (excludes halogenated alkanes) is 1. The maximum Gasteiger partial charge on any atom is 0.224 e. The SMILES string of the molecule is CCCCS(=O)(=O)N[C@H]1CC[C@@H](C(=O)NCCCc2ccco2)CN(C)C1. The number of nitrogens with zero attached hydrogens (tertiary/aromatic N) is 1. The van der Waals surface area contributed by atoms with E-state index in [-0.39, 0.29) is 23.6 Å². The van der Waals surface area contributed by atoms with E-state index in [0.29, 0.717) is 38.9 Å². The highest BCUT2D eigenvalue weighted by molar-refractivity contribution is 7.89. The van der Waals surface area contributed by atoms with Crippen LogP contribution in [0.1, 0.15) is 44.8 Å². The number of rotatable bonds is 10. The Morgan fingerprint density at radius 3 is 2.81 bits per heavy atom. The number of amides is 1. The lowest BCUT2D eigenvalue weighted by molar-refractivity contribution is -0.125. The fraction of sp³-hybridized carbons (Fsp3) is 0.737. The van der Waals surface area contributed by atoms with Gasteiger partial charge in [0.05, 0.1) is 17.9 Å². The highest BCUT2D eigenvalue weighted by Gasteiger charge is 2.28. The molecule has 27 heavy (non-hydrogen) atoms. The van der Waals surface area contributed by atoms with Crippen molar-refractivity contribution in [3.8, 4) is 0 Å². The Balaban J connectivity index is 1.76. The lowest BCUT2D eigenvalue weighted by atomic mass is 10.0. The summed E-state index contributed by atoms with van der Waals surface area (Å²) in [6.45, 7) is 3.88. The molecule has 1 aromatic heterocycles. The van der Waals surface area contributed by atoms with E-state index >= 15 is 0 Å². The summed E-state index contributed by atoms with van der Waals surface area (Å²) in [4.78, 5) is 14.5. The summed E-state index contributed by atoms with van der Waals surface area (Å²) in [7, 11) is -1.31. The maximum atomic E-state index is 12.5. The highest BCUT2D eigenvalue weighted by atomic mass is 32.2. The van der Waals surface area contributed by atoms with Crippen molar-refractivity contribution in [1.29, 1.82) is 0 Å². The van der Waals surface area contributed by atoms with Gasteiger partial charge in [0.25, 0.3) is 0 Å². The molecule has 2 rings (SSSR count). The first kappa shape index (κ1) is 21.9. The lowest BCUT2D eigenvalue weighted by Crippen LogP contribution is -2.42. The number of furan rings is 1. The standard InChI is InChI=1S/C19H33N3O4S/c1-3-4-13-27(24,25)21-17-10-9-16(14-22(2)15-17)19(23)20-11-5-7-18-8-6-12-26-18/h6,8,12,16-17,21H,3-5,7,9-11,13-15H2,1-2H3,(H,20,23)/t16-,17+/m1/s1. The van der Waals surface area contributed by atoms with E-state index in [1.807, 2.05) is 31.0 Å². The van der Waals surface area contributed by atoms with Gasteiger partial charge < -0.3 is 14.6 Å². The van der Waals surface area contributed by atoms with Gasteiger partial charge in [0.2, 0.25) is 15.9 Å². The molecule has 8 heteroatoms. The molecule has 0 radical (unpaired) electrons. The van der Waals surface area contributed by atoms with Gasteiger partial charge in [-0.3, -0.25) is 4.79 Å². The molecule has 0 aromatic carbocycles. The first-order chi connectivity index (χ1) is 12.9. The quantitative estimate of drug-likeness (QED) is 0.585. The van der Waals surface area contributed by atoms with Crippen LogP contribution in [0.4, 0.5) is 0 Å². The van der Waals surface area contributed by atoms with Crippen LogP contribution in [0.3, 0.4) is 0 Å². The maximum absolute atomic E-state index is 12.5. The van der Waals surface area contributed by atoms with E-state index in [9.17, 15) is 13.2 Å². The number of hydrogen-bond acceptors (Lipinski definition) is 5. The van der Waals surface area contributed by atoms with Crippen molar-refractivity contribution in [2.75, 3.05) is 32.4 Å². The summed E-state index contributed by atoms with van der Waals surface area (Å²) in [6, 6.07) is 3.67. The van der Waals surface area contributed by atoms with E-state index in [1.165, 1.54) is 0 Å². The molecule has 0 bridgehead atoms. The fourth-order valence-electron chi connectivity index (χ4n) is 3.44. The third-order valence-corrected chi connectivity index (χ3v) is 6.41. The monoisotopic (exact) mass is 399 g/mol. The Labute approximate surface area is 162 Å². The highest BCUT2D eigenvalue weighted by Crippen LogP contribution is 2.17. The summed E-state index contributed by atoms with van der Waals surface area (Å²) < 4.78 is 32.4. The van der Waals surface area contributed by atoms with Gasteiger partial charge in [0.1, 0.15) is 5.76 Å². The van der Waals surface area contributed by atoms with Gasteiger partial charge in [-0.1, -0.05) is 13.3 Å². The summed E-state index contributed by atoms with van der Waals surface area (Å²) >= 11 is 0. The molecule has 2 heterocycles. The second kappa shape index (κ2) is 10.8. The number of sulfonamides is 1. The van der Waals surface area contributed by atoms with Crippen LogP contribution in [0.5, 0.6) is 0 Å². The molecule has 0 spiro atoms. The Morgan fingerprint density at radius 1 is 1.30 bits per heavy atom. The van der Waals surface area contributed by atoms with Gasteiger partial charge in [-0.05, 0) is 44.9 Å². The van der Waals surface area contributed by atoms with E-state index in [2.05, 4.69) is 10.0 Å². The van der Waals surface area contributed by atoms with Crippen LogP contribution in [0.25, 0.3) is 0 Å². The molecule has 2 atom stereocenters. The Hall–Kier alpha value is -1.38. The second-order valence-corrected chi connectivity index (χ2v) is 9.33. The fourth-order valence-corrected chi connectivity index (χ4v) is 4.93.